The maximum atomic E-state index is 11.9. The van der Waals surface area contributed by atoms with Gasteiger partial charge in [-0.05, 0) is 31.0 Å². The van der Waals surface area contributed by atoms with Crippen LogP contribution in [0.25, 0.3) is 0 Å². The van der Waals surface area contributed by atoms with Gasteiger partial charge in [0, 0.05) is 17.1 Å². The molecule has 116 valence electrons. The molecule has 1 atom stereocenters. The topological polar surface area (TPSA) is 45.7 Å². The van der Waals surface area contributed by atoms with Gasteiger partial charge in [0.05, 0.1) is 0 Å². The van der Waals surface area contributed by atoms with Crippen molar-refractivity contribution in [1.82, 2.24) is 5.32 Å². The van der Waals surface area contributed by atoms with Gasteiger partial charge in [-0.15, -0.1) is 0 Å². The molecular weight excluding hydrogens is 296 g/mol. The number of hydrogen-bond acceptors (Lipinski definition) is 1. The maximum Gasteiger partial charge on any atom is 0.275 e. The van der Waals surface area contributed by atoms with Gasteiger partial charge >= 0.3 is 0 Å². The molecule has 0 spiro atoms. The van der Waals surface area contributed by atoms with Crippen molar-refractivity contribution >= 4 is 17.5 Å². The van der Waals surface area contributed by atoms with Crippen LogP contribution in [0.5, 0.6) is 0 Å². The number of quaternary nitrogens is 1. The number of carbonyl (C=O) groups is 1. The van der Waals surface area contributed by atoms with E-state index in [0.717, 1.165) is 17.0 Å². The van der Waals surface area contributed by atoms with Crippen molar-refractivity contribution in [1.29, 1.82) is 0 Å². The SMILES string of the molecule is C[C@@H]([NH2+]CC(=O)NCCc1ccccc1)c1cccc(Cl)c1. The second kappa shape index (κ2) is 8.57. The zero-order chi connectivity index (χ0) is 15.8. The average Bonchev–Trinajstić information content (AvgIpc) is 2.53. The van der Waals surface area contributed by atoms with E-state index in [2.05, 4.69) is 24.4 Å². The van der Waals surface area contributed by atoms with Crippen molar-refractivity contribution in [3.8, 4) is 0 Å². The Hall–Kier alpha value is -1.84. The molecule has 3 nitrogen and oxygen atoms in total. The van der Waals surface area contributed by atoms with Crippen LogP contribution in [0.1, 0.15) is 24.1 Å². The van der Waals surface area contributed by atoms with Crippen molar-refractivity contribution in [3.63, 3.8) is 0 Å². The molecular formula is C18H22ClN2O+. The van der Waals surface area contributed by atoms with Crippen LogP contribution in [0, 0.1) is 0 Å². The highest BCUT2D eigenvalue weighted by molar-refractivity contribution is 6.30. The highest BCUT2D eigenvalue weighted by Gasteiger charge is 2.11. The molecule has 3 N–H and O–H groups in total. The van der Waals surface area contributed by atoms with E-state index in [4.69, 9.17) is 11.6 Å². The summed E-state index contributed by atoms with van der Waals surface area (Å²) in [6.45, 7) is 3.16. The summed E-state index contributed by atoms with van der Waals surface area (Å²) in [5.41, 5.74) is 2.36. The van der Waals surface area contributed by atoms with Crippen LogP contribution in [-0.2, 0) is 11.2 Å². The molecule has 22 heavy (non-hydrogen) atoms. The monoisotopic (exact) mass is 317 g/mol. The summed E-state index contributed by atoms with van der Waals surface area (Å²) in [6, 6.07) is 18.1. The molecule has 0 radical (unpaired) electrons. The summed E-state index contributed by atoms with van der Waals surface area (Å²) < 4.78 is 0. The second-order valence-electron chi connectivity index (χ2n) is 5.37. The third kappa shape index (κ3) is 5.51. The van der Waals surface area contributed by atoms with E-state index in [-0.39, 0.29) is 11.9 Å². The van der Waals surface area contributed by atoms with Crippen LogP contribution >= 0.6 is 11.6 Å². The van der Waals surface area contributed by atoms with Crippen molar-refractivity contribution in [2.75, 3.05) is 13.1 Å². The molecule has 2 aromatic carbocycles. The van der Waals surface area contributed by atoms with Crippen LogP contribution in [0.3, 0.4) is 0 Å². The fourth-order valence-corrected chi connectivity index (χ4v) is 2.47. The van der Waals surface area contributed by atoms with Crippen molar-refractivity contribution in [3.05, 3.63) is 70.7 Å². The Labute approximate surface area is 136 Å². The first kappa shape index (κ1) is 16.5. The van der Waals surface area contributed by atoms with Gasteiger partial charge in [-0.1, -0.05) is 54.1 Å². The number of carbonyl (C=O) groups excluding carboxylic acids is 1. The lowest BCUT2D eigenvalue weighted by molar-refractivity contribution is -0.682. The first-order valence-electron chi connectivity index (χ1n) is 7.54. The Morgan fingerprint density at radius 1 is 1.18 bits per heavy atom. The molecule has 0 heterocycles. The second-order valence-corrected chi connectivity index (χ2v) is 5.81. The first-order chi connectivity index (χ1) is 10.6. The van der Waals surface area contributed by atoms with E-state index in [1.54, 1.807) is 0 Å². The highest BCUT2D eigenvalue weighted by atomic mass is 35.5. The van der Waals surface area contributed by atoms with E-state index in [1.165, 1.54) is 5.56 Å². The van der Waals surface area contributed by atoms with Crippen LogP contribution in [0.15, 0.2) is 54.6 Å². The number of amides is 1. The minimum absolute atomic E-state index is 0.0600. The van der Waals surface area contributed by atoms with E-state index in [1.807, 2.05) is 47.8 Å². The predicted octanol–water partition coefficient (Wildman–Crippen LogP) is 2.32. The Balaban J connectivity index is 1.69. The minimum Gasteiger partial charge on any atom is -0.351 e. The lowest BCUT2D eigenvalue weighted by Gasteiger charge is -2.11. The normalized spacial score (nSPS) is 11.9. The molecule has 0 aliphatic rings. The summed E-state index contributed by atoms with van der Waals surface area (Å²) in [6.07, 6.45) is 0.858. The molecule has 0 saturated heterocycles. The molecule has 0 aliphatic carbocycles. The molecule has 0 saturated carbocycles. The third-order valence-electron chi connectivity index (χ3n) is 3.61. The number of hydrogen-bond donors (Lipinski definition) is 2. The lowest BCUT2D eigenvalue weighted by atomic mass is 10.1. The number of halogens is 1. The average molecular weight is 318 g/mol. The largest absolute Gasteiger partial charge is 0.351 e. The van der Waals surface area contributed by atoms with E-state index in [9.17, 15) is 4.79 Å². The quantitative estimate of drug-likeness (QED) is 0.809. The molecule has 0 bridgehead atoms. The first-order valence-corrected chi connectivity index (χ1v) is 7.92. The van der Waals surface area contributed by atoms with E-state index < -0.39 is 0 Å². The summed E-state index contributed by atoms with van der Waals surface area (Å²) in [4.78, 5) is 11.9. The Kier molecular flexibility index (Phi) is 6.44. The van der Waals surface area contributed by atoms with Gasteiger partial charge in [0.2, 0.25) is 0 Å². The Morgan fingerprint density at radius 3 is 2.68 bits per heavy atom. The van der Waals surface area contributed by atoms with Crippen LogP contribution in [0.4, 0.5) is 0 Å². The number of nitrogens with two attached hydrogens (primary N) is 1. The summed E-state index contributed by atoms with van der Waals surface area (Å²) in [5, 5.41) is 5.70. The van der Waals surface area contributed by atoms with Gasteiger partial charge in [-0.3, -0.25) is 4.79 Å². The van der Waals surface area contributed by atoms with E-state index in [0.29, 0.717) is 13.1 Å². The fraction of sp³-hybridized carbons (Fsp3) is 0.278. The molecule has 2 rings (SSSR count). The minimum atomic E-state index is 0.0600. The van der Waals surface area contributed by atoms with Crippen LogP contribution in [0.2, 0.25) is 5.02 Å². The smallest absolute Gasteiger partial charge is 0.275 e. The molecule has 1 amide bonds. The summed E-state index contributed by atoms with van der Waals surface area (Å²) >= 11 is 5.99. The van der Waals surface area contributed by atoms with Gasteiger partial charge in [0.1, 0.15) is 6.04 Å². The van der Waals surface area contributed by atoms with Crippen LogP contribution < -0.4 is 10.6 Å². The molecule has 4 heteroatoms. The summed E-state index contributed by atoms with van der Waals surface area (Å²) in [7, 11) is 0. The summed E-state index contributed by atoms with van der Waals surface area (Å²) in [5.74, 6) is 0.0600. The molecule has 0 aliphatic heterocycles. The molecule has 0 aromatic heterocycles. The molecule has 0 fully saturated rings. The molecule has 0 unspecified atom stereocenters. The van der Waals surface area contributed by atoms with Gasteiger partial charge in [0.25, 0.3) is 5.91 Å². The Morgan fingerprint density at radius 2 is 1.95 bits per heavy atom. The van der Waals surface area contributed by atoms with Crippen LogP contribution in [-0.4, -0.2) is 19.0 Å². The maximum absolute atomic E-state index is 11.9. The van der Waals surface area contributed by atoms with Gasteiger partial charge in [-0.2, -0.15) is 0 Å². The van der Waals surface area contributed by atoms with Crippen molar-refractivity contribution < 1.29 is 10.1 Å². The van der Waals surface area contributed by atoms with Crippen molar-refractivity contribution in [2.45, 2.75) is 19.4 Å². The van der Waals surface area contributed by atoms with Gasteiger partial charge < -0.3 is 10.6 Å². The fourth-order valence-electron chi connectivity index (χ4n) is 2.27. The molecule has 2 aromatic rings. The van der Waals surface area contributed by atoms with Gasteiger partial charge in [0.15, 0.2) is 6.54 Å². The predicted molar refractivity (Wildman–Crippen MR) is 89.8 cm³/mol. The lowest BCUT2D eigenvalue weighted by Crippen LogP contribution is -2.87. The number of rotatable bonds is 7. The Bertz CT molecular complexity index is 601. The highest BCUT2D eigenvalue weighted by Crippen LogP contribution is 2.14. The zero-order valence-corrected chi connectivity index (χ0v) is 13.5. The standard InChI is InChI=1S/C18H21ClN2O/c1-14(16-8-5-9-17(19)12-16)21-13-18(22)20-11-10-15-6-3-2-4-7-15/h2-9,12,14,21H,10-11,13H2,1H3,(H,20,22)/p+1/t14-/m1/s1. The number of benzene rings is 2. The van der Waals surface area contributed by atoms with Gasteiger partial charge in [-0.25, -0.2) is 0 Å². The third-order valence-corrected chi connectivity index (χ3v) is 3.85. The number of nitrogens with one attached hydrogen (secondary N) is 1. The van der Waals surface area contributed by atoms with Crippen molar-refractivity contribution in [2.24, 2.45) is 0 Å². The van der Waals surface area contributed by atoms with E-state index >= 15 is 0 Å². The zero-order valence-electron chi connectivity index (χ0n) is 12.8.